The Kier molecular flexibility index (Phi) is 25.5. The maximum Gasteiger partial charge on any atom is 0.0592 e. The van der Waals surface area contributed by atoms with E-state index in [1.807, 2.05) is 41.7 Å². The maximum atomic E-state index is 5.58. The number of nitrogens with zero attached hydrogens (tertiary/aromatic N) is 2. The van der Waals surface area contributed by atoms with E-state index in [0.29, 0.717) is 10.0 Å². The van der Waals surface area contributed by atoms with Crippen LogP contribution in [0.15, 0.2) is 152 Å². The van der Waals surface area contributed by atoms with Gasteiger partial charge in [0.15, 0.2) is 0 Å². The van der Waals surface area contributed by atoms with E-state index in [9.17, 15) is 0 Å². The third-order valence-corrected chi connectivity index (χ3v) is 14.6. The van der Waals surface area contributed by atoms with Crippen LogP contribution in [0.3, 0.4) is 0 Å². The van der Waals surface area contributed by atoms with Crippen molar-refractivity contribution in [3.05, 3.63) is 171 Å². The van der Waals surface area contributed by atoms with Crippen molar-refractivity contribution in [3.8, 4) is 0 Å². The first-order valence-electron chi connectivity index (χ1n) is 22.7. The summed E-state index contributed by atoms with van der Waals surface area (Å²) in [5.41, 5.74) is 10.6. The Morgan fingerprint density at radius 1 is 0.409 bits per heavy atom. The van der Waals surface area contributed by atoms with Gasteiger partial charge in [0, 0.05) is 103 Å². The van der Waals surface area contributed by atoms with Crippen LogP contribution in [0.4, 0.5) is 11.4 Å². The maximum absolute atomic E-state index is 5.58. The predicted octanol–water partition coefficient (Wildman–Crippen LogP) is 13.1. The van der Waals surface area contributed by atoms with Crippen molar-refractivity contribution in [2.75, 3.05) is 88.3 Å². The van der Waals surface area contributed by atoms with Crippen molar-refractivity contribution in [1.82, 2.24) is 21.3 Å². The van der Waals surface area contributed by atoms with E-state index in [1.165, 1.54) is 64.3 Å². The highest BCUT2D eigenvalue weighted by atomic mass is 79.9. The number of halogens is 3. The number of aryl methyl sites for hydroxylation is 6. The van der Waals surface area contributed by atoms with Crippen LogP contribution in [0.5, 0.6) is 0 Å². The lowest BCUT2D eigenvalue weighted by Gasteiger charge is -2.31. The predicted molar refractivity (Wildman–Crippen MR) is 299 cm³/mol. The molecule has 0 unspecified atom stereocenters. The number of anilines is 2. The number of para-hydroxylation sites is 2. The average Bonchev–Trinajstić information content (AvgIpc) is 3.33. The molecule has 0 aromatic heterocycles. The second kappa shape index (κ2) is 30.4. The number of nitrogens with one attached hydrogen (secondary N) is 4. The Hall–Kier alpha value is -3.13. The highest BCUT2D eigenvalue weighted by molar-refractivity contribution is 8.93. The van der Waals surface area contributed by atoms with Crippen LogP contribution in [0.25, 0.3) is 0 Å². The largest absolute Gasteiger partial charge is 0.368 e. The van der Waals surface area contributed by atoms with Gasteiger partial charge in [-0.05, 0) is 113 Å². The van der Waals surface area contributed by atoms with Crippen LogP contribution in [0.2, 0.25) is 10.0 Å². The van der Waals surface area contributed by atoms with Gasteiger partial charge in [0.05, 0.1) is 21.4 Å². The summed E-state index contributed by atoms with van der Waals surface area (Å²) in [7, 11) is 0. The molecule has 66 heavy (non-hydrogen) atoms. The van der Waals surface area contributed by atoms with Gasteiger partial charge in [0.2, 0.25) is 0 Å². The van der Waals surface area contributed by atoms with E-state index >= 15 is 0 Å². The molecule has 3 fully saturated rings. The Morgan fingerprint density at radius 3 is 1.08 bits per heavy atom. The monoisotopic (exact) mass is 1050 g/mol. The van der Waals surface area contributed by atoms with Gasteiger partial charge >= 0.3 is 0 Å². The van der Waals surface area contributed by atoms with Crippen molar-refractivity contribution >= 4 is 87.7 Å². The molecule has 6 aromatic carbocycles. The van der Waals surface area contributed by atoms with Gasteiger partial charge in [-0.1, -0.05) is 136 Å². The van der Waals surface area contributed by atoms with E-state index in [4.69, 9.17) is 23.2 Å². The fourth-order valence-corrected chi connectivity index (χ4v) is 9.83. The third-order valence-electron chi connectivity index (χ3n) is 10.9. The van der Waals surface area contributed by atoms with Crippen molar-refractivity contribution < 1.29 is 0 Å². The lowest BCUT2D eigenvalue weighted by atomic mass is 10.2. The lowest BCUT2D eigenvalue weighted by Crippen LogP contribution is -2.43. The highest BCUT2D eigenvalue weighted by Crippen LogP contribution is 2.38. The number of hydrogen-bond acceptors (Lipinski definition) is 9. The van der Waals surface area contributed by atoms with Crippen LogP contribution in [-0.2, 0) is 0 Å². The zero-order valence-corrected chi connectivity index (χ0v) is 45.2. The van der Waals surface area contributed by atoms with Gasteiger partial charge in [-0.2, -0.15) is 0 Å². The fourth-order valence-electron chi connectivity index (χ4n) is 7.33. The van der Waals surface area contributed by atoms with Gasteiger partial charge in [-0.15, -0.1) is 29.6 Å². The molecule has 6 nitrogen and oxygen atoms in total. The van der Waals surface area contributed by atoms with Crippen LogP contribution < -0.4 is 31.1 Å². The summed E-state index contributed by atoms with van der Waals surface area (Å²) in [6.45, 7) is 26.0. The standard InChI is InChI=1S/2C18H22N2S.C8H10S.C6H4Cl2.C4H10N2.BrH/c2*1-14-7-8-17(15(2)13-14)21-18-6-4-3-5-16(18)20-11-9-19-10-12-20;1-6-3-4-8(9)7(2)5-6;7-5-3-1-2-4-6(5)8;1-2-6-4-3-5-1;/h2*3-8,13,19H,9-12H2,1-2H3;3-5,9H,1-2H3;1-4H;5-6H,1-4H2;1H. The summed E-state index contributed by atoms with van der Waals surface area (Å²) in [6, 6.07) is 44.3. The van der Waals surface area contributed by atoms with Gasteiger partial charge < -0.3 is 31.1 Å². The zero-order chi connectivity index (χ0) is 46.4. The smallest absolute Gasteiger partial charge is 0.0592 e. The quantitative estimate of drug-likeness (QED) is 0.106. The van der Waals surface area contributed by atoms with Gasteiger partial charge in [0.25, 0.3) is 0 Å². The Bertz CT molecular complexity index is 2210. The number of hydrogen-bond donors (Lipinski definition) is 5. The van der Waals surface area contributed by atoms with E-state index in [-0.39, 0.29) is 17.0 Å². The molecular formula is C54H69BrCl2N6S3. The van der Waals surface area contributed by atoms with Crippen molar-refractivity contribution in [1.29, 1.82) is 0 Å². The van der Waals surface area contributed by atoms with Crippen LogP contribution in [-0.4, -0.2) is 78.5 Å². The molecule has 0 radical (unpaired) electrons. The molecule has 0 bridgehead atoms. The minimum absolute atomic E-state index is 0. The number of thiol groups is 1. The molecule has 0 amide bonds. The third kappa shape index (κ3) is 19.1. The first-order chi connectivity index (χ1) is 31.5. The zero-order valence-electron chi connectivity index (χ0n) is 39.4. The topological polar surface area (TPSA) is 54.6 Å². The van der Waals surface area contributed by atoms with E-state index in [0.717, 1.165) is 83.4 Å². The molecule has 0 atom stereocenters. The molecule has 0 aliphatic carbocycles. The second-order valence-corrected chi connectivity index (χ2v) is 19.8. The molecule has 3 saturated heterocycles. The summed E-state index contributed by atoms with van der Waals surface area (Å²) >= 11 is 19.2. The molecule has 3 aliphatic heterocycles. The summed E-state index contributed by atoms with van der Waals surface area (Å²) in [6.07, 6.45) is 0. The highest BCUT2D eigenvalue weighted by Gasteiger charge is 2.16. The lowest BCUT2D eigenvalue weighted by molar-refractivity contribution is 0.534. The summed E-state index contributed by atoms with van der Waals surface area (Å²) in [5, 5.41) is 14.5. The van der Waals surface area contributed by atoms with Crippen LogP contribution >= 0.6 is 76.3 Å². The Balaban J connectivity index is 0.000000196. The minimum atomic E-state index is 0. The molecule has 4 N–H and O–H groups in total. The number of piperazine rings is 3. The van der Waals surface area contributed by atoms with Crippen LogP contribution in [0, 0.1) is 41.5 Å². The molecule has 9 rings (SSSR count). The second-order valence-electron chi connectivity index (χ2n) is 16.4. The van der Waals surface area contributed by atoms with Crippen molar-refractivity contribution in [2.24, 2.45) is 0 Å². The van der Waals surface area contributed by atoms with Crippen molar-refractivity contribution in [2.45, 2.75) is 66.0 Å². The van der Waals surface area contributed by atoms with E-state index < -0.39 is 0 Å². The molecule has 3 aliphatic rings. The first kappa shape index (κ1) is 55.5. The van der Waals surface area contributed by atoms with Gasteiger partial charge in [-0.25, -0.2) is 0 Å². The van der Waals surface area contributed by atoms with E-state index in [2.05, 4.69) is 182 Å². The molecule has 12 heteroatoms. The number of benzene rings is 6. The van der Waals surface area contributed by atoms with Crippen molar-refractivity contribution in [3.63, 3.8) is 0 Å². The molecule has 3 heterocycles. The minimum Gasteiger partial charge on any atom is -0.368 e. The molecule has 0 spiro atoms. The fraction of sp³-hybridized carbons (Fsp3) is 0.333. The van der Waals surface area contributed by atoms with Gasteiger partial charge in [-0.3, -0.25) is 0 Å². The Morgan fingerprint density at radius 2 is 0.742 bits per heavy atom. The summed E-state index contributed by atoms with van der Waals surface area (Å²) < 4.78 is 0. The first-order valence-corrected chi connectivity index (χ1v) is 25.5. The SMILES string of the molecule is Br.C1CNCCN1.Cc1ccc(S)c(C)c1.Cc1ccc(Sc2ccccc2N2CCNCC2)c(C)c1.Cc1ccc(Sc2ccccc2N2CCNCC2)c(C)c1.Clc1ccccc1Cl. The molecule has 6 aromatic rings. The van der Waals surface area contributed by atoms with Gasteiger partial charge in [0.1, 0.15) is 0 Å². The summed E-state index contributed by atoms with van der Waals surface area (Å²) in [5.74, 6) is 0. The molecular weight excluding hydrogens is 980 g/mol. The molecule has 0 saturated carbocycles. The average molecular weight is 1050 g/mol. The number of rotatable bonds is 6. The summed E-state index contributed by atoms with van der Waals surface area (Å²) in [4.78, 5) is 11.5. The van der Waals surface area contributed by atoms with Crippen LogP contribution in [0.1, 0.15) is 33.4 Å². The van der Waals surface area contributed by atoms with E-state index in [1.54, 1.807) is 12.1 Å². The Labute approximate surface area is 431 Å². The normalized spacial score (nSPS) is 14.3. The molecule has 354 valence electrons.